The van der Waals surface area contributed by atoms with Gasteiger partial charge in [0.15, 0.2) is 6.61 Å². The summed E-state index contributed by atoms with van der Waals surface area (Å²) >= 11 is 0. The molecule has 0 aliphatic carbocycles. The summed E-state index contributed by atoms with van der Waals surface area (Å²) in [5.41, 5.74) is 3.53. The molecule has 2 amide bonds. The van der Waals surface area contributed by atoms with Gasteiger partial charge in [-0.3, -0.25) is 4.79 Å². The van der Waals surface area contributed by atoms with E-state index in [1.165, 1.54) is 0 Å². The van der Waals surface area contributed by atoms with Gasteiger partial charge < -0.3 is 23.9 Å². The molecule has 0 unspecified atom stereocenters. The van der Waals surface area contributed by atoms with Crippen molar-refractivity contribution in [3.63, 3.8) is 0 Å². The number of carbonyl (C=O) groups is 2. The summed E-state index contributed by atoms with van der Waals surface area (Å²) in [4.78, 5) is 31.4. The van der Waals surface area contributed by atoms with Gasteiger partial charge in [0.1, 0.15) is 11.3 Å². The lowest BCUT2D eigenvalue weighted by molar-refractivity contribution is -0.131. The van der Waals surface area contributed by atoms with E-state index in [1.807, 2.05) is 72.6 Å². The fourth-order valence-corrected chi connectivity index (χ4v) is 4.38. The van der Waals surface area contributed by atoms with E-state index in [2.05, 4.69) is 4.90 Å². The maximum absolute atomic E-state index is 13.2. The second kappa shape index (κ2) is 8.42. The van der Waals surface area contributed by atoms with Crippen LogP contribution in [0.5, 0.6) is 0 Å². The largest absolute Gasteiger partial charge is 0.457 e. The molecule has 3 heterocycles. The van der Waals surface area contributed by atoms with Crippen LogP contribution in [-0.4, -0.2) is 53.5 Å². The van der Waals surface area contributed by atoms with E-state index in [0.29, 0.717) is 37.5 Å². The smallest absolute Gasteiger partial charge is 0.410 e. The molecule has 5 rings (SSSR count). The normalized spacial score (nSPS) is 16.5. The lowest BCUT2D eigenvalue weighted by Gasteiger charge is -2.41. The number of carbonyl (C=O) groups excluding carboxylic acids is 2. The predicted molar refractivity (Wildman–Crippen MR) is 119 cm³/mol. The summed E-state index contributed by atoms with van der Waals surface area (Å²) in [7, 11) is 2.00. The molecule has 32 heavy (non-hydrogen) atoms. The van der Waals surface area contributed by atoms with Crippen LogP contribution >= 0.6 is 0 Å². The quantitative estimate of drug-likeness (QED) is 0.626. The van der Waals surface area contributed by atoms with Gasteiger partial charge in [0.2, 0.25) is 0 Å². The number of hydrogen-bond acceptors (Lipinski definition) is 5. The second-order valence-electron chi connectivity index (χ2n) is 8.23. The predicted octanol–water partition coefficient (Wildman–Crippen LogP) is 3.96. The van der Waals surface area contributed by atoms with Gasteiger partial charge in [-0.05, 0) is 17.7 Å². The van der Waals surface area contributed by atoms with Crippen LogP contribution in [0.2, 0.25) is 0 Å². The Bertz CT molecular complexity index is 1150. The van der Waals surface area contributed by atoms with Crippen LogP contribution < -0.4 is 0 Å². The topological polar surface area (TPSA) is 66.2 Å². The van der Waals surface area contributed by atoms with Gasteiger partial charge in [-0.1, -0.05) is 48.5 Å². The number of nitrogens with zero attached hydrogens (tertiary/aromatic N) is 3. The Kier molecular flexibility index (Phi) is 5.31. The highest BCUT2D eigenvalue weighted by molar-refractivity contribution is 5.96. The molecule has 2 aliphatic rings. The third-order valence-electron chi connectivity index (χ3n) is 5.99. The summed E-state index contributed by atoms with van der Waals surface area (Å²) < 4.78 is 11.2. The first-order chi connectivity index (χ1) is 15.6. The fraction of sp³-hybridized carbons (Fsp3) is 0.280. The third kappa shape index (κ3) is 3.93. The van der Waals surface area contributed by atoms with Crippen LogP contribution in [0.1, 0.15) is 17.7 Å². The molecule has 0 radical (unpaired) electrons. The van der Waals surface area contributed by atoms with Crippen molar-refractivity contribution < 1.29 is 18.7 Å². The van der Waals surface area contributed by atoms with E-state index in [1.54, 1.807) is 4.90 Å². The van der Waals surface area contributed by atoms with Crippen LogP contribution in [0.25, 0.3) is 11.0 Å². The molecule has 1 aromatic heterocycles. The molecular weight excluding hydrogens is 406 g/mol. The van der Waals surface area contributed by atoms with Gasteiger partial charge in [0, 0.05) is 37.6 Å². The second-order valence-corrected chi connectivity index (χ2v) is 8.23. The van der Waals surface area contributed by atoms with Gasteiger partial charge in [-0.15, -0.1) is 0 Å². The number of ether oxygens (including phenoxy) is 1. The van der Waals surface area contributed by atoms with Crippen molar-refractivity contribution >= 4 is 23.0 Å². The molecule has 0 bridgehead atoms. The summed E-state index contributed by atoms with van der Waals surface area (Å²) in [5, 5.41) is 0.973. The fourth-order valence-electron chi connectivity index (χ4n) is 4.38. The molecule has 0 fully saturated rings. The number of rotatable bonds is 4. The van der Waals surface area contributed by atoms with Crippen LogP contribution in [0.3, 0.4) is 0 Å². The number of hydrogen-bond donors (Lipinski definition) is 0. The van der Waals surface area contributed by atoms with Gasteiger partial charge in [0.05, 0.1) is 18.8 Å². The minimum Gasteiger partial charge on any atom is -0.457 e. The number of benzene rings is 2. The Labute approximate surface area is 186 Å². The Morgan fingerprint density at radius 3 is 2.69 bits per heavy atom. The SMILES string of the molecule is CN1CN(Cc2ccccc2)C(=O)C2=C1CCN(C(=O)OCc1cc3ccccc3o1)C2. The molecule has 0 saturated heterocycles. The van der Waals surface area contributed by atoms with Gasteiger partial charge in [-0.2, -0.15) is 0 Å². The zero-order valence-corrected chi connectivity index (χ0v) is 18.0. The molecule has 3 aromatic rings. The van der Waals surface area contributed by atoms with E-state index in [9.17, 15) is 9.59 Å². The lowest BCUT2D eigenvalue weighted by atomic mass is 10.0. The highest BCUT2D eigenvalue weighted by Gasteiger charge is 2.35. The molecule has 2 aliphatic heterocycles. The average molecular weight is 431 g/mol. The molecule has 0 atom stereocenters. The summed E-state index contributed by atoms with van der Waals surface area (Å²) in [6.07, 6.45) is 0.198. The van der Waals surface area contributed by atoms with Crippen LogP contribution in [-0.2, 0) is 22.7 Å². The molecule has 7 nitrogen and oxygen atoms in total. The van der Waals surface area contributed by atoms with Crippen LogP contribution in [0.4, 0.5) is 4.79 Å². The average Bonchev–Trinajstić information content (AvgIpc) is 3.24. The summed E-state index contributed by atoms with van der Waals surface area (Å²) in [6, 6.07) is 19.5. The first kappa shape index (κ1) is 20.2. The lowest BCUT2D eigenvalue weighted by Crippen LogP contribution is -2.51. The summed E-state index contributed by atoms with van der Waals surface area (Å²) in [6.45, 7) is 1.92. The minimum atomic E-state index is -0.437. The number of para-hydroxylation sites is 1. The maximum Gasteiger partial charge on any atom is 0.410 e. The molecule has 0 spiro atoms. The first-order valence-electron chi connectivity index (χ1n) is 10.7. The van der Waals surface area contributed by atoms with Crippen molar-refractivity contribution in [2.45, 2.75) is 19.6 Å². The third-order valence-corrected chi connectivity index (χ3v) is 5.99. The van der Waals surface area contributed by atoms with E-state index in [4.69, 9.17) is 9.15 Å². The van der Waals surface area contributed by atoms with E-state index in [-0.39, 0.29) is 19.1 Å². The molecule has 2 aromatic carbocycles. The Hall–Kier alpha value is -3.74. The van der Waals surface area contributed by atoms with E-state index < -0.39 is 6.09 Å². The molecule has 7 heteroatoms. The molecule has 0 saturated carbocycles. The van der Waals surface area contributed by atoms with E-state index >= 15 is 0 Å². The highest BCUT2D eigenvalue weighted by Crippen LogP contribution is 2.28. The molecular formula is C25H25N3O4. The van der Waals surface area contributed by atoms with Gasteiger partial charge in [0.25, 0.3) is 5.91 Å². The van der Waals surface area contributed by atoms with Gasteiger partial charge in [-0.25, -0.2) is 4.79 Å². The zero-order chi connectivity index (χ0) is 22.1. The Morgan fingerprint density at radius 1 is 1.09 bits per heavy atom. The Balaban J connectivity index is 1.25. The van der Waals surface area contributed by atoms with Crippen molar-refractivity contribution in [2.24, 2.45) is 0 Å². The standard InChI is InChI=1S/C25H25N3O4/c1-26-17-28(14-18-7-3-2-4-8-18)24(29)21-15-27(12-11-22(21)26)25(30)31-16-20-13-19-9-5-6-10-23(19)32-20/h2-10,13H,11-12,14-17H2,1H3. The van der Waals surface area contributed by atoms with E-state index in [0.717, 1.165) is 22.2 Å². The Morgan fingerprint density at radius 2 is 1.88 bits per heavy atom. The zero-order valence-electron chi connectivity index (χ0n) is 18.0. The van der Waals surface area contributed by atoms with Crippen LogP contribution in [0, 0.1) is 0 Å². The minimum absolute atomic E-state index is 0.0169. The number of amides is 2. The summed E-state index contributed by atoms with van der Waals surface area (Å²) in [5.74, 6) is 0.579. The van der Waals surface area contributed by atoms with Crippen LogP contribution in [0.15, 0.2) is 76.4 Å². The van der Waals surface area contributed by atoms with Crippen molar-refractivity contribution in [1.29, 1.82) is 0 Å². The van der Waals surface area contributed by atoms with Crippen molar-refractivity contribution in [3.8, 4) is 0 Å². The first-order valence-corrected chi connectivity index (χ1v) is 10.7. The van der Waals surface area contributed by atoms with Crippen molar-refractivity contribution in [3.05, 3.63) is 83.3 Å². The highest BCUT2D eigenvalue weighted by atomic mass is 16.6. The van der Waals surface area contributed by atoms with Crippen molar-refractivity contribution in [2.75, 3.05) is 26.8 Å². The maximum atomic E-state index is 13.2. The monoisotopic (exact) mass is 431 g/mol. The molecule has 164 valence electrons. The van der Waals surface area contributed by atoms with Crippen molar-refractivity contribution in [1.82, 2.24) is 14.7 Å². The molecule has 0 N–H and O–H groups in total. The number of furan rings is 1. The number of fused-ring (bicyclic) bond motifs is 1. The van der Waals surface area contributed by atoms with Gasteiger partial charge >= 0.3 is 6.09 Å².